The molecule has 0 saturated carbocycles. The van der Waals surface area contributed by atoms with Crippen LogP contribution in [0.5, 0.6) is 11.8 Å². The summed E-state index contributed by atoms with van der Waals surface area (Å²) in [5, 5.41) is 0. The minimum Gasteiger partial charge on any atom is -0.491 e. The summed E-state index contributed by atoms with van der Waals surface area (Å²) < 4.78 is 50.3. The summed E-state index contributed by atoms with van der Waals surface area (Å²) in [4.78, 5) is 8.75. The normalized spacial score (nSPS) is 11.2. The second-order valence-corrected chi connectivity index (χ2v) is 4.97. The van der Waals surface area contributed by atoms with E-state index in [1.165, 1.54) is 19.1 Å². The molecule has 2 aromatic rings. The van der Waals surface area contributed by atoms with Gasteiger partial charge in [0.25, 0.3) is 0 Å². The van der Waals surface area contributed by atoms with Crippen molar-refractivity contribution in [3.8, 4) is 11.8 Å². The maximum Gasteiger partial charge on any atom is 0.421 e. The average Bonchev–Trinajstić information content (AvgIpc) is 2.58. The molecule has 0 amide bonds. The maximum absolute atomic E-state index is 13.3. The number of anilines is 2. The Kier molecular flexibility index (Phi) is 5.48. The van der Waals surface area contributed by atoms with Gasteiger partial charge in [-0.1, -0.05) is 19.1 Å². The molecule has 8 heteroatoms. The molecule has 0 spiro atoms. The number of ether oxygens (including phenoxy) is 2. The van der Waals surface area contributed by atoms with Crippen molar-refractivity contribution in [3.63, 3.8) is 0 Å². The summed E-state index contributed by atoms with van der Waals surface area (Å²) in [6.07, 6.45) is -3.09. The van der Waals surface area contributed by atoms with Gasteiger partial charge in [0, 0.05) is 13.2 Å². The van der Waals surface area contributed by atoms with Crippen LogP contribution >= 0.6 is 0 Å². The van der Waals surface area contributed by atoms with Crippen LogP contribution in [0.1, 0.15) is 18.9 Å². The van der Waals surface area contributed by atoms with Crippen molar-refractivity contribution >= 4 is 11.5 Å². The van der Waals surface area contributed by atoms with Crippen LogP contribution in [0.2, 0.25) is 0 Å². The van der Waals surface area contributed by atoms with E-state index >= 15 is 0 Å². The number of rotatable bonds is 6. The first-order chi connectivity index (χ1) is 11.4. The average molecular weight is 341 g/mol. The second kappa shape index (κ2) is 7.37. The smallest absolute Gasteiger partial charge is 0.421 e. The molecule has 130 valence electrons. The van der Waals surface area contributed by atoms with Crippen LogP contribution in [0.3, 0.4) is 0 Å². The number of methoxy groups -OCH3 is 1. The van der Waals surface area contributed by atoms with E-state index in [-0.39, 0.29) is 11.8 Å². The highest BCUT2D eigenvalue weighted by atomic mass is 19.4. The monoisotopic (exact) mass is 341 g/mol. The molecule has 0 radical (unpaired) electrons. The van der Waals surface area contributed by atoms with Gasteiger partial charge in [-0.2, -0.15) is 18.2 Å². The Morgan fingerprint density at radius 3 is 2.54 bits per heavy atom. The van der Waals surface area contributed by atoms with Gasteiger partial charge in [-0.3, -0.25) is 0 Å². The van der Waals surface area contributed by atoms with E-state index in [0.717, 1.165) is 6.42 Å². The summed E-state index contributed by atoms with van der Waals surface area (Å²) in [6, 6.07) is 6.70. The third-order valence-electron chi connectivity index (χ3n) is 3.24. The third-order valence-corrected chi connectivity index (χ3v) is 3.24. The van der Waals surface area contributed by atoms with Crippen LogP contribution in [0, 0.1) is 0 Å². The Morgan fingerprint density at radius 1 is 1.21 bits per heavy atom. The molecule has 0 atom stereocenters. The van der Waals surface area contributed by atoms with E-state index in [0.29, 0.717) is 24.2 Å². The highest BCUT2D eigenvalue weighted by Gasteiger charge is 2.37. The molecular weight excluding hydrogens is 323 g/mol. The molecule has 0 fully saturated rings. The first-order valence-electron chi connectivity index (χ1n) is 7.32. The number of aromatic nitrogens is 2. The van der Waals surface area contributed by atoms with Crippen LogP contribution in [0.4, 0.5) is 24.7 Å². The fourth-order valence-electron chi connectivity index (χ4n) is 2.09. The number of halogens is 3. The zero-order chi connectivity index (χ0) is 17.7. The molecule has 5 nitrogen and oxygen atoms in total. The largest absolute Gasteiger partial charge is 0.491 e. The Hall–Kier alpha value is -2.51. The van der Waals surface area contributed by atoms with Crippen molar-refractivity contribution in [2.75, 3.05) is 25.7 Å². The van der Waals surface area contributed by atoms with E-state index in [9.17, 15) is 13.2 Å². The van der Waals surface area contributed by atoms with Crippen molar-refractivity contribution in [3.05, 3.63) is 36.0 Å². The molecule has 0 unspecified atom stereocenters. The molecule has 24 heavy (non-hydrogen) atoms. The molecule has 1 heterocycles. The number of para-hydroxylation sites is 2. The van der Waals surface area contributed by atoms with Crippen LogP contribution in [-0.2, 0) is 6.18 Å². The topological polar surface area (TPSA) is 47.5 Å². The highest BCUT2D eigenvalue weighted by molar-refractivity contribution is 5.68. The number of benzene rings is 1. The van der Waals surface area contributed by atoms with E-state index in [1.54, 1.807) is 24.3 Å². The molecule has 0 aliphatic rings. The van der Waals surface area contributed by atoms with Gasteiger partial charge < -0.3 is 14.4 Å². The summed E-state index contributed by atoms with van der Waals surface area (Å²) in [5.41, 5.74) is -0.478. The lowest BCUT2D eigenvalue weighted by Gasteiger charge is -2.24. The molecule has 1 aromatic carbocycles. The first-order valence-corrected chi connectivity index (χ1v) is 7.32. The van der Waals surface area contributed by atoms with Gasteiger partial charge in [-0.25, -0.2) is 4.98 Å². The Bertz CT molecular complexity index is 693. The summed E-state index contributed by atoms with van der Waals surface area (Å²) in [7, 11) is 2.79. The molecule has 0 N–H and O–H groups in total. The summed E-state index contributed by atoms with van der Waals surface area (Å²) in [5.74, 6) is 0.175. The summed E-state index contributed by atoms with van der Waals surface area (Å²) >= 11 is 0. The van der Waals surface area contributed by atoms with E-state index in [2.05, 4.69) is 9.97 Å². The minimum atomic E-state index is -4.59. The van der Waals surface area contributed by atoms with Gasteiger partial charge in [-0.05, 0) is 18.6 Å². The third kappa shape index (κ3) is 3.87. The van der Waals surface area contributed by atoms with Crippen LogP contribution in [-0.4, -0.2) is 30.7 Å². The minimum absolute atomic E-state index is 0.142. The van der Waals surface area contributed by atoms with Gasteiger partial charge >= 0.3 is 12.2 Å². The van der Waals surface area contributed by atoms with E-state index < -0.39 is 11.7 Å². The predicted octanol–water partition coefficient (Wildman–Crippen LogP) is 4.06. The zero-order valence-electron chi connectivity index (χ0n) is 13.6. The Morgan fingerprint density at radius 2 is 1.92 bits per heavy atom. The summed E-state index contributed by atoms with van der Waals surface area (Å²) in [6.45, 7) is 2.41. The highest BCUT2D eigenvalue weighted by Crippen LogP contribution is 2.39. The first kappa shape index (κ1) is 17.8. The van der Waals surface area contributed by atoms with Gasteiger partial charge in [0.1, 0.15) is 11.3 Å². The lowest BCUT2D eigenvalue weighted by atomic mass is 10.2. The molecule has 0 saturated heterocycles. The van der Waals surface area contributed by atoms with Crippen LogP contribution in [0.25, 0.3) is 0 Å². The molecule has 0 aliphatic heterocycles. The van der Waals surface area contributed by atoms with E-state index in [1.807, 2.05) is 6.92 Å². The molecule has 1 aromatic heterocycles. The lowest BCUT2D eigenvalue weighted by molar-refractivity contribution is -0.137. The molecule has 0 bridgehead atoms. The van der Waals surface area contributed by atoms with Crippen molar-refractivity contribution in [2.45, 2.75) is 19.5 Å². The number of hydrogen-bond acceptors (Lipinski definition) is 5. The van der Waals surface area contributed by atoms with Crippen LogP contribution < -0.4 is 14.4 Å². The standard InChI is InChI=1S/C16H18F3N3O2/c1-4-9-24-13-8-6-5-7-12(13)22(2)14-11(16(17,18)19)10-20-15(21-14)23-3/h5-8,10H,4,9H2,1-3H3. The van der Waals surface area contributed by atoms with E-state index in [4.69, 9.17) is 9.47 Å². The number of nitrogens with zero attached hydrogens (tertiary/aromatic N) is 3. The zero-order valence-corrected chi connectivity index (χ0v) is 13.6. The fourth-order valence-corrected chi connectivity index (χ4v) is 2.09. The lowest BCUT2D eigenvalue weighted by Crippen LogP contribution is -2.20. The predicted molar refractivity (Wildman–Crippen MR) is 83.9 cm³/mol. The van der Waals surface area contributed by atoms with Crippen molar-refractivity contribution in [1.82, 2.24) is 9.97 Å². The van der Waals surface area contributed by atoms with Crippen molar-refractivity contribution < 1.29 is 22.6 Å². The van der Waals surface area contributed by atoms with Gasteiger partial charge in [0.15, 0.2) is 5.82 Å². The molecular formula is C16H18F3N3O2. The van der Waals surface area contributed by atoms with Gasteiger partial charge in [0.2, 0.25) is 0 Å². The Balaban J connectivity index is 2.51. The van der Waals surface area contributed by atoms with Crippen molar-refractivity contribution in [2.24, 2.45) is 0 Å². The number of hydrogen-bond donors (Lipinski definition) is 0. The van der Waals surface area contributed by atoms with Gasteiger partial charge in [-0.15, -0.1) is 0 Å². The Labute approximate surface area is 138 Å². The number of alkyl halides is 3. The molecule has 2 rings (SSSR count). The molecule has 0 aliphatic carbocycles. The maximum atomic E-state index is 13.3. The van der Waals surface area contributed by atoms with Gasteiger partial charge in [0.05, 0.1) is 19.4 Å². The van der Waals surface area contributed by atoms with Crippen LogP contribution in [0.15, 0.2) is 30.5 Å². The second-order valence-electron chi connectivity index (χ2n) is 4.97. The fraction of sp³-hybridized carbons (Fsp3) is 0.375. The SMILES string of the molecule is CCCOc1ccccc1N(C)c1nc(OC)ncc1C(F)(F)F. The quantitative estimate of drug-likeness (QED) is 0.793. The van der Waals surface area contributed by atoms with Crippen molar-refractivity contribution in [1.29, 1.82) is 0 Å².